The minimum atomic E-state index is -0.259. The summed E-state index contributed by atoms with van der Waals surface area (Å²) in [5, 5.41) is 18.9. The van der Waals surface area contributed by atoms with Crippen LogP contribution in [-0.2, 0) is 0 Å². The minimum Gasteiger partial charge on any atom is -0.396 e. The van der Waals surface area contributed by atoms with Gasteiger partial charge in [0.05, 0.1) is 13.2 Å². The van der Waals surface area contributed by atoms with Crippen LogP contribution in [0.3, 0.4) is 0 Å². The molecule has 0 aromatic rings. The smallest absolute Gasteiger partial charge is 0.0511 e. The van der Waals surface area contributed by atoms with Crippen LogP contribution < -0.4 is 0 Å². The molecule has 0 spiro atoms. The Kier molecular flexibility index (Phi) is 8.96. The van der Waals surface area contributed by atoms with E-state index in [1.807, 2.05) is 0 Å². The molecule has 0 aliphatic rings. The second-order valence-electron chi connectivity index (χ2n) is 5.35. The maximum atomic E-state index is 9.43. The lowest BCUT2D eigenvalue weighted by atomic mass is 9.74. The third-order valence-corrected chi connectivity index (χ3v) is 3.88. The van der Waals surface area contributed by atoms with Crippen molar-refractivity contribution < 1.29 is 10.2 Å². The topological polar surface area (TPSA) is 40.5 Å². The van der Waals surface area contributed by atoms with Gasteiger partial charge in [0.1, 0.15) is 0 Å². The first-order chi connectivity index (χ1) is 7.63. The van der Waals surface area contributed by atoms with Crippen molar-refractivity contribution in [2.45, 2.75) is 65.7 Å². The maximum absolute atomic E-state index is 9.43. The standard InChI is InChI=1S/C14H30O2/c1-4-5-6-7-8-9-10-14(11-15,12-16)13(2)3/h13,15-16H,4-12H2,1-3H3. The van der Waals surface area contributed by atoms with Crippen molar-refractivity contribution in [3.8, 4) is 0 Å². The van der Waals surface area contributed by atoms with Crippen LogP contribution in [-0.4, -0.2) is 23.4 Å². The summed E-state index contributed by atoms with van der Waals surface area (Å²) in [7, 11) is 0. The summed E-state index contributed by atoms with van der Waals surface area (Å²) in [5.74, 6) is 0.346. The largest absolute Gasteiger partial charge is 0.396 e. The molecule has 0 aliphatic heterocycles. The molecule has 2 heteroatoms. The molecule has 98 valence electrons. The average Bonchev–Trinajstić information content (AvgIpc) is 2.28. The van der Waals surface area contributed by atoms with Crippen LogP contribution in [0, 0.1) is 11.3 Å². The van der Waals surface area contributed by atoms with Gasteiger partial charge in [-0.3, -0.25) is 0 Å². The SMILES string of the molecule is CCCCCCCCC(CO)(CO)C(C)C. The van der Waals surface area contributed by atoms with Gasteiger partial charge in [0.15, 0.2) is 0 Å². The van der Waals surface area contributed by atoms with Crippen LogP contribution in [0.25, 0.3) is 0 Å². The molecule has 0 fully saturated rings. The molecule has 0 aromatic carbocycles. The number of aliphatic hydroxyl groups excluding tert-OH is 2. The molecule has 0 radical (unpaired) electrons. The highest BCUT2D eigenvalue weighted by Crippen LogP contribution is 2.32. The van der Waals surface area contributed by atoms with Crippen molar-refractivity contribution in [1.29, 1.82) is 0 Å². The molecular formula is C14H30O2. The normalized spacial score (nSPS) is 12.4. The van der Waals surface area contributed by atoms with E-state index in [4.69, 9.17) is 0 Å². The fourth-order valence-corrected chi connectivity index (χ4v) is 2.12. The second kappa shape index (κ2) is 9.00. The van der Waals surface area contributed by atoms with Crippen LogP contribution in [0.15, 0.2) is 0 Å². The molecule has 0 atom stereocenters. The van der Waals surface area contributed by atoms with Gasteiger partial charge in [0, 0.05) is 5.41 Å². The van der Waals surface area contributed by atoms with Gasteiger partial charge in [-0.25, -0.2) is 0 Å². The Hall–Kier alpha value is -0.0800. The molecule has 0 heterocycles. The van der Waals surface area contributed by atoms with Gasteiger partial charge < -0.3 is 10.2 Å². The Morgan fingerprint density at radius 1 is 0.875 bits per heavy atom. The monoisotopic (exact) mass is 230 g/mol. The summed E-state index contributed by atoms with van der Waals surface area (Å²) in [4.78, 5) is 0. The Bertz CT molecular complexity index is 151. The molecule has 0 unspecified atom stereocenters. The second-order valence-corrected chi connectivity index (χ2v) is 5.35. The van der Waals surface area contributed by atoms with Gasteiger partial charge >= 0.3 is 0 Å². The zero-order chi connectivity index (χ0) is 12.4. The van der Waals surface area contributed by atoms with Gasteiger partial charge in [-0.2, -0.15) is 0 Å². The molecule has 0 bridgehead atoms. The predicted octanol–water partition coefficient (Wildman–Crippen LogP) is 3.36. The number of hydrogen-bond donors (Lipinski definition) is 2. The van der Waals surface area contributed by atoms with E-state index in [9.17, 15) is 10.2 Å². The van der Waals surface area contributed by atoms with Crippen molar-refractivity contribution in [2.75, 3.05) is 13.2 Å². The van der Waals surface area contributed by atoms with Crippen molar-refractivity contribution in [3.63, 3.8) is 0 Å². The van der Waals surface area contributed by atoms with E-state index in [2.05, 4.69) is 20.8 Å². The first kappa shape index (κ1) is 15.9. The lowest BCUT2D eigenvalue weighted by molar-refractivity contribution is 0.00687. The molecule has 0 saturated heterocycles. The van der Waals surface area contributed by atoms with E-state index in [0.717, 1.165) is 12.8 Å². The maximum Gasteiger partial charge on any atom is 0.0511 e. The highest BCUT2D eigenvalue weighted by Gasteiger charge is 2.31. The van der Waals surface area contributed by atoms with Gasteiger partial charge in [-0.1, -0.05) is 59.3 Å². The summed E-state index contributed by atoms with van der Waals surface area (Å²) >= 11 is 0. The van der Waals surface area contributed by atoms with Gasteiger partial charge in [0.25, 0.3) is 0 Å². The van der Waals surface area contributed by atoms with Crippen LogP contribution in [0.5, 0.6) is 0 Å². The number of unbranched alkanes of at least 4 members (excludes halogenated alkanes) is 5. The van der Waals surface area contributed by atoms with E-state index >= 15 is 0 Å². The summed E-state index contributed by atoms with van der Waals surface area (Å²) in [6, 6.07) is 0. The van der Waals surface area contributed by atoms with E-state index < -0.39 is 0 Å². The molecule has 0 aliphatic carbocycles. The molecule has 2 N–H and O–H groups in total. The molecule has 0 aromatic heterocycles. The van der Waals surface area contributed by atoms with Crippen molar-refractivity contribution in [3.05, 3.63) is 0 Å². The minimum absolute atomic E-state index is 0.107. The van der Waals surface area contributed by atoms with Gasteiger partial charge in [-0.15, -0.1) is 0 Å². The fourth-order valence-electron chi connectivity index (χ4n) is 2.12. The molecular weight excluding hydrogens is 200 g/mol. The first-order valence-corrected chi connectivity index (χ1v) is 6.84. The number of rotatable bonds is 10. The summed E-state index contributed by atoms with van der Waals surface area (Å²) in [6.07, 6.45) is 8.53. The van der Waals surface area contributed by atoms with Crippen molar-refractivity contribution in [2.24, 2.45) is 11.3 Å². The predicted molar refractivity (Wildman–Crippen MR) is 69.4 cm³/mol. The lowest BCUT2D eigenvalue weighted by Crippen LogP contribution is -2.35. The Morgan fingerprint density at radius 2 is 1.38 bits per heavy atom. The zero-order valence-corrected chi connectivity index (χ0v) is 11.3. The van der Waals surface area contributed by atoms with E-state index in [1.54, 1.807) is 0 Å². The Morgan fingerprint density at radius 3 is 1.81 bits per heavy atom. The van der Waals surface area contributed by atoms with Gasteiger partial charge in [-0.05, 0) is 12.3 Å². The molecule has 2 nitrogen and oxygen atoms in total. The van der Waals surface area contributed by atoms with Crippen LogP contribution in [0.2, 0.25) is 0 Å². The molecule has 0 rings (SSSR count). The van der Waals surface area contributed by atoms with Crippen LogP contribution >= 0.6 is 0 Å². The first-order valence-electron chi connectivity index (χ1n) is 6.84. The number of aliphatic hydroxyl groups is 2. The van der Waals surface area contributed by atoms with Crippen molar-refractivity contribution >= 4 is 0 Å². The van der Waals surface area contributed by atoms with E-state index in [0.29, 0.717) is 5.92 Å². The third kappa shape index (κ3) is 5.31. The summed E-state index contributed by atoms with van der Waals surface area (Å²) in [5.41, 5.74) is -0.259. The zero-order valence-electron chi connectivity index (χ0n) is 11.3. The Balaban J connectivity index is 3.77. The quantitative estimate of drug-likeness (QED) is 0.565. The summed E-state index contributed by atoms with van der Waals surface area (Å²) < 4.78 is 0. The highest BCUT2D eigenvalue weighted by atomic mass is 16.3. The van der Waals surface area contributed by atoms with E-state index in [-0.39, 0.29) is 18.6 Å². The highest BCUT2D eigenvalue weighted by molar-refractivity contribution is 4.81. The molecule has 16 heavy (non-hydrogen) atoms. The average molecular weight is 230 g/mol. The van der Waals surface area contributed by atoms with Gasteiger partial charge in [0.2, 0.25) is 0 Å². The van der Waals surface area contributed by atoms with Crippen LogP contribution in [0.1, 0.15) is 65.7 Å². The molecule has 0 amide bonds. The van der Waals surface area contributed by atoms with E-state index in [1.165, 1.54) is 32.1 Å². The Labute approximate surface area is 101 Å². The fraction of sp³-hybridized carbons (Fsp3) is 1.00. The number of hydrogen-bond acceptors (Lipinski definition) is 2. The lowest BCUT2D eigenvalue weighted by Gasteiger charge is -2.34. The van der Waals surface area contributed by atoms with Crippen molar-refractivity contribution in [1.82, 2.24) is 0 Å². The summed E-state index contributed by atoms with van der Waals surface area (Å²) in [6.45, 7) is 6.61. The third-order valence-electron chi connectivity index (χ3n) is 3.88. The van der Waals surface area contributed by atoms with Crippen LogP contribution in [0.4, 0.5) is 0 Å². The molecule has 0 saturated carbocycles.